The highest BCUT2D eigenvalue weighted by molar-refractivity contribution is 5.84. The second-order valence-corrected chi connectivity index (χ2v) is 9.84. The monoisotopic (exact) mass is 469 g/mol. The third kappa shape index (κ3) is 5.13. The van der Waals surface area contributed by atoms with Crippen molar-refractivity contribution < 1.29 is 4.79 Å². The maximum atomic E-state index is 13.6. The number of hydrogen-bond acceptors (Lipinski definition) is 5. The van der Waals surface area contributed by atoms with Gasteiger partial charge in [-0.15, -0.1) is 0 Å². The van der Waals surface area contributed by atoms with E-state index in [9.17, 15) is 9.59 Å². The normalized spacial score (nSPS) is 20.5. The molecule has 5 rings (SSSR count). The molecule has 0 radical (unpaired) electrons. The van der Waals surface area contributed by atoms with Crippen molar-refractivity contribution in [2.24, 2.45) is 13.0 Å². The van der Waals surface area contributed by atoms with Crippen LogP contribution in [0.25, 0.3) is 10.9 Å². The first-order valence-corrected chi connectivity index (χ1v) is 12.5. The van der Waals surface area contributed by atoms with Gasteiger partial charge in [-0.1, -0.05) is 12.1 Å². The molecule has 1 N–H and O–H groups in total. The quantitative estimate of drug-likeness (QED) is 0.574. The summed E-state index contributed by atoms with van der Waals surface area (Å²) in [4.78, 5) is 32.9. The lowest BCUT2D eigenvalue weighted by Gasteiger charge is -2.38. The van der Waals surface area contributed by atoms with Crippen molar-refractivity contribution in [3.8, 4) is 6.07 Å². The zero-order chi connectivity index (χ0) is 24.4. The Labute approximate surface area is 205 Å². The summed E-state index contributed by atoms with van der Waals surface area (Å²) in [7, 11) is 1.75. The predicted molar refractivity (Wildman–Crippen MR) is 135 cm³/mol. The Bertz CT molecular complexity index is 1340. The summed E-state index contributed by atoms with van der Waals surface area (Å²) in [6, 6.07) is 14.5. The van der Waals surface area contributed by atoms with Crippen LogP contribution in [0.15, 0.2) is 53.6 Å². The number of nitrogens with zero attached hydrogens (tertiary/aromatic N) is 4. The van der Waals surface area contributed by atoms with Gasteiger partial charge < -0.3 is 9.88 Å². The van der Waals surface area contributed by atoms with Crippen LogP contribution in [0.3, 0.4) is 0 Å². The molecule has 2 atom stereocenters. The van der Waals surface area contributed by atoms with Crippen molar-refractivity contribution in [1.29, 1.82) is 5.26 Å². The Balaban J connectivity index is 1.38. The van der Waals surface area contributed by atoms with E-state index in [1.165, 1.54) is 12.8 Å². The molecule has 0 spiro atoms. The van der Waals surface area contributed by atoms with Crippen LogP contribution in [0.1, 0.15) is 48.3 Å². The summed E-state index contributed by atoms with van der Waals surface area (Å²) in [6.07, 6.45) is 7.97. The highest BCUT2D eigenvalue weighted by Crippen LogP contribution is 2.38. The molecule has 180 valence electrons. The van der Waals surface area contributed by atoms with Crippen LogP contribution in [0.2, 0.25) is 0 Å². The summed E-state index contributed by atoms with van der Waals surface area (Å²) < 4.78 is 1.56. The van der Waals surface area contributed by atoms with Gasteiger partial charge in [-0.3, -0.25) is 19.5 Å². The number of rotatable bonds is 7. The fraction of sp³-hybridized carbons (Fsp3) is 0.429. The van der Waals surface area contributed by atoms with Crippen LogP contribution < -0.4 is 10.9 Å². The van der Waals surface area contributed by atoms with Gasteiger partial charge in [-0.2, -0.15) is 5.26 Å². The Hall–Kier alpha value is -3.50. The average Bonchev–Trinajstić information content (AvgIpc) is 3.73. The Morgan fingerprint density at radius 3 is 2.86 bits per heavy atom. The van der Waals surface area contributed by atoms with Crippen LogP contribution in [0.5, 0.6) is 0 Å². The van der Waals surface area contributed by atoms with Gasteiger partial charge in [0.05, 0.1) is 17.5 Å². The van der Waals surface area contributed by atoms with Gasteiger partial charge in [-0.25, -0.2) is 0 Å². The molecule has 1 saturated carbocycles. The summed E-state index contributed by atoms with van der Waals surface area (Å²) in [5.41, 5.74) is 3.82. The van der Waals surface area contributed by atoms with Crippen LogP contribution in [-0.2, 0) is 24.8 Å². The third-order valence-electron chi connectivity index (χ3n) is 7.42. The number of pyridine rings is 2. The second kappa shape index (κ2) is 10.0. The lowest BCUT2D eigenvalue weighted by atomic mass is 9.80. The minimum Gasteiger partial charge on any atom is -0.352 e. The first-order valence-electron chi connectivity index (χ1n) is 12.5. The number of likely N-dealkylation sites (tertiary alicyclic amines) is 1. The van der Waals surface area contributed by atoms with E-state index < -0.39 is 0 Å². The van der Waals surface area contributed by atoms with Crippen LogP contribution in [-0.4, -0.2) is 39.5 Å². The molecule has 0 bridgehead atoms. The lowest BCUT2D eigenvalue weighted by Crippen LogP contribution is -2.47. The molecular weight excluding hydrogens is 438 g/mol. The number of aryl methyl sites for hydroxylation is 2. The SMILES string of the molecule is Cn1ccc([C@H]2CCN(C3CC3)C[C@@H]2C(=O)NCc2cc(CCC#N)cc3cccnc23)cc1=O. The van der Waals surface area contributed by atoms with Crippen molar-refractivity contribution in [3.63, 3.8) is 0 Å². The molecule has 7 nitrogen and oxygen atoms in total. The number of nitriles is 1. The number of carbonyl (C=O) groups excluding carboxylic acids is 1. The van der Waals surface area contributed by atoms with Gasteiger partial charge in [-0.05, 0) is 73.0 Å². The Morgan fingerprint density at radius 1 is 1.23 bits per heavy atom. The highest BCUT2D eigenvalue weighted by Gasteiger charge is 2.40. The first-order chi connectivity index (χ1) is 17.0. The van der Waals surface area contributed by atoms with Crippen molar-refractivity contribution in [3.05, 3.63) is 75.8 Å². The van der Waals surface area contributed by atoms with Gasteiger partial charge in [0.1, 0.15) is 0 Å². The van der Waals surface area contributed by atoms with E-state index in [0.29, 0.717) is 25.4 Å². The molecule has 1 saturated heterocycles. The summed E-state index contributed by atoms with van der Waals surface area (Å²) in [5, 5.41) is 13.2. The van der Waals surface area contributed by atoms with E-state index in [0.717, 1.165) is 47.1 Å². The van der Waals surface area contributed by atoms with E-state index >= 15 is 0 Å². The second-order valence-electron chi connectivity index (χ2n) is 9.84. The average molecular weight is 470 g/mol. The molecule has 35 heavy (non-hydrogen) atoms. The standard InChI is InChI=1S/C28H31N5O2/c1-32-12-8-20(16-26(32)34)24-9-13-33(23-6-7-23)18-25(24)28(35)31-17-22-15-19(4-2-10-29)14-21-5-3-11-30-27(21)22/h3,5,8,11-12,14-16,23-25H,2,4,6-7,9,13,17-18H2,1H3,(H,31,35)/t24-,25+/m1/s1. The molecule has 1 amide bonds. The van der Waals surface area contributed by atoms with Crippen molar-refractivity contribution in [1.82, 2.24) is 19.8 Å². The van der Waals surface area contributed by atoms with Crippen molar-refractivity contribution in [2.45, 2.75) is 50.6 Å². The zero-order valence-corrected chi connectivity index (χ0v) is 20.1. The number of piperidine rings is 1. The number of hydrogen-bond donors (Lipinski definition) is 1. The van der Waals surface area contributed by atoms with Gasteiger partial charge >= 0.3 is 0 Å². The van der Waals surface area contributed by atoms with E-state index in [1.807, 2.05) is 18.2 Å². The molecule has 3 heterocycles. The first kappa shape index (κ1) is 23.3. The molecule has 3 aromatic rings. The summed E-state index contributed by atoms with van der Waals surface area (Å²) in [6.45, 7) is 2.07. The maximum absolute atomic E-state index is 13.6. The van der Waals surface area contributed by atoms with E-state index in [1.54, 1.807) is 30.1 Å². The van der Waals surface area contributed by atoms with Crippen LogP contribution in [0, 0.1) is 17.2 Å². The summed E-state index contributed by atoms with van der Waals surface area (Å²) in [5.74, 6) is -0.166. The molecule has 2 fully saturated rings. The van der Waals surface area contributed by atoms with Crippen LogP contribution in [0.4, 0.5) is 0 Å². The molecule has 0 unspecified atom stereocenters. The smallest absolute Gasteiger partial charge is 0.250 e. The largest absolute Gasteiger partial charge is 0.352 e. The Kier molecular flexibility index (Phi) is 6.65. The third-order valence-corrected chi connectivity index (χ3v) is 7.42. The van der Waals surface area contributed by atoms with Crippen molar-refractivity contribution >= 4 is 16.8 Å². The number of amides is 1. The maximum Gasteiger partial charge on any atom is 0.250 e. The topological polar surface area (TPSA) is 91.0 Å². The molecule has 7 heteroatoms. The number of carbonyl (C=O) groups is 1. The number of benzene rings is 1. The zero-order valence-electron chi connectivity index (χ0n) is 20.1. The van der Waals surface area contributed by atoms with Gasteiger partial charge in [0.2, 0.25) is 5.91 Å². The molecule has 2 aromatic heterocycles. The van der Waals surface area contributed by atoms with Crippen LogP contribution >= 0.6 is 0 Å². The number of nitrogens with one attached hydrogen (secondary N) is 1. The number of fused-ring (bicyclic) bond motifs is 1. The minimum atomic E-state index is -0.211. The van der Waals surface area contributed by atoms with E-state index in [4.69, 9.17) is 5.26 Å². The fourth-order valence-corrected chi connectivity index (χ4v) is 5.34. The lowest BCUT2D eigenvalue weighted by molar-refractivity contribution is -0.127. The molecule has 1 aromatic carbocycles. The Morgan fingerprint density at radius 2 is 2.09 bits per heavy atom. The number of aromatic nitrogens is 2. The van der Waals surface area contributed by atoms with Gasteiger partial charge in [0.25, 0.3) is 5.56 Å². The molecular formula is C28H31N5O2. The highest BCUT2D eigenvalue weighted by atomic mass is 16.2. The van der Waals surface area contributed by atoms with Gasteiger partial charge in [0.15, 0.2) is 0 Å². The van der Waals surface area contributed by atoms with E-state index in [2.05, 4.69) is 33.4 Å². The van der Waals surface area contributed by atoms with E-state index in [-0.39, 0.29) is 23.3 Å². The fourth-order valence-electron chi connectivity index (χ4n) is 5.34. The minimum absolute atomic E-state index is 0.0209. The predicted octanol–water partition coefficient (Wildman–Crippen LogP) is 3.27. The molecule has 2 aliphatic rings. The summed E-state index contributed by atoms with van der Waals surface area (Å²) >= 11 is 0. The van der Waals surface area contributed by atoms with Gasteiger partial charge in [0, 0.05) is 56.4 Å². The molecule has 1 aliphatic heterocycles. The molecule has 1 aliphatic carbocycles. The van der Waals surface area contributed by atoms with Crippen molar-refractivity contribution in [2.75, 3.05) is 13.1 Å².